The highest BCUT2D eigenvalue weighted by Gasteiger charge is 2.21. The number of amides is 1. The molecule has 1 rings (SSSR count). The first-order valence-electron chi connectivity index (χ1n) is 7.75. The summed E-state index contributed by atoms with van der Waals surface area (Å²) in [6, 6.07) is 6.74. The van der Waals surface area contributed by atoms with Crippen LogP contribution in [-0.4, -0.2) is 45.7 Å². The van der Waals surface area contributed by atoms with Crippen molar-refractivity contribution in [3.63, 3.8) is 0 Å². The normalized spacial score (nSPS) is 12.0. The third-order valence-electron chi connectivity index (χ3n) is 3.12. The number of carbonyl (C=O) groups is 1. The summed E-state index contributed by atoms with van der Waals surface area (Å²) in [5.74, 6) is 0.277. The second-order valence-electron chi connectivity index (χ2n) is 6.98. The van der Waals surface area contributed by atoms with Gasteiger partial charge in [-0.3, -0.25) is 4.79 Å². The van der Waals surface area contributed by atoms with Gasteiger partial charge in [-0.25, -0.2) is 0 Å². The highest BCUT2D eigenvalue weighted by Crippen LogP contribution is 2.22. The van der Waals surface area contributed by atoms with Crippen molar-refractivity contribution in [3.05, 3.63) is 29.8 Å². The monoisotopic (exact) mass is 357 g/mol. The van der Waals surface area contributed by atoms with Gasteiger partial charge in [0.2, 0.25) is 5.91 Å². The first-order chi connectivity index (χ1) is 11.0. The molecule has 0 aliphatic rings. The van der Waals surface area contributed by atoms with Crippen LogP contribution in [0, 0.1) is 5.41 Å². The van der Waals surface area contributed by atoms with Crippen molar-refractivity contribution in [1.82, 2.24) is 4.90 Å². The fourth-order valence-electron chi connectivity index (χ4n) is 2.15. The van der Waals surface area contributed by atoms with E-state index in [0.717, 1.165) is 11.8 Å². The maximum Gasteiger partial charge on any atom is 0.306 e. The smallest absolute Gasteiger partial charge is 0.306 e. The van der Waals surface area contributed by atoms with Crippen LogP contribution in [0.15, 0.2) is 24.3 Å². The van der Waals surface area contributed by atoms with E-state index in [1.165, 1.54) is 0 Å². The number of carbonyl (C=O) groups excluding carboxylic acids is 1. The molecule has 1 aromatic rings. The van der Waals surface area contributed by atoms with Crippen LogP contribution in [0.4, 0.5) is 0 Å². The lowest BCUT2D eigenvalue weighted by atomic mass is 9.91. The number of nitrogens with zero attached hydrogens (tertiary/aromatic N) is 1. The van der Waals surface area contributed by atoms with Gasteiger partial charge in [0.1, 0.15) is 5.75 Å². The molecule has 0 aliphatic carbocycles. The number of rotatable bonds is 8. The van der Waals surface area contributed by atoms with Crippen LogP contribution < -0.4 is 4.18 Å². The number of methoxy groups -OCH3 is 1. The van der Waals surface area contributed by atoms with Crippen LogP contribution in [0.5, 0.6) is 5.75 Å². The average Bonchev–Trinajstić information content (AvgIpc) is 2.40. The van der Waals surface area contributed by atoms with Crippen molar-refractivity contribution in [3.8, 4) is 5.75 Å². The fourth-order valence-corrected chi connectivity index (χ4v) is 2.60. The van der Waals surface area contributed by atoms with Crippen LogP contribution in [0.1, 0.15) is 32.8 Å². The van der Waals surface area contributed by atoms with Crippen LogP contribution >= 0.6 is 0 Å². The van der Waals surface area contributed by atoms with E-state index in [4.69, 9.17) is 8.92 Å². The van der Waals surface area contributed by atoms with E-state index in [9.17, 15) is 13.2 Å². The molecule has 0 saturated heterocycles. The Morgan fingerprint density at radius 3 is 2.46 bits per heavy atom. The van der Waals surface area contributed by atoms with Crippen molar-refractivity contribution < 1.29 is 22.1 Å². The Labute approximate surface area is 144 Å². The zero-order valence-electron chi connectivity index (χ0n) is 15.0. The molecule has 0 fully saturated rings. The van der Waals surface area contributed by atoms with E-state index >= 15 is 0 Å². The van der Waals surface area contributed by atoms with E-state index < -0.39 is 10.1 Å². The summed E-state index contributed by atoms with van der Waals surface area (Å²) in [6.45, 7) is 7.33. The topological polar surface area (TPSA) is 72.9 Å². The van der Waals surface area contributed by atoms with E-state index in [1.807, 2.05) is 26.8 Å². The maximum absolute atomic E-state index is 12.5. The Balaban J connectivity index is 2.89. The first-order valence-corrected chi connectivity index (χ1v) is 9.57. The maximum atomic E-state index is 12.5. The van der Waals surface area contributed by atoms with Crippen LogP contribution in [0.3, 0.4) is 0 Å². The summed E-state index contributed by atoms with van der Waals surface area (Å²) in [4.78, 5) is 14.2. The summed E-state index contributed by atoms with van der Waals surface area (Å²) >= 11 is 0. The molecule has 0 aliphatic heterocycles. The van der Waals surface area contributed by atoms with Gasteiger partial charge in [-0.2, -0.15) is 8.42 Å². The van der Waals surface area contributed by atoms with Crippen molar-refractivity contribution in [2.75, 3.05) is 26.5 Å². The molecule has 0 unspecified atom stereocenters. The van der Waals surface area contributed by atoms with Crippen molar-refractivity contribution in [1.29, 1.82) is 0 Å². The summed E-state index contributed by atoms with van der Waals surface area (Å²) in [7, 11) is -1.99. The Morgan fingerprint density at radius 2 is 1.92 bits per heavy atom. The van der Waals surface area contributed by atoms with Gasteiger partial charge in [0, 0.05) is 26.6 Å². The Kier molecular flexibility index (Phi) is 7.23. The van der Waals surface area contributed by atoms with Gasteiger partial charge in [0.05, 0.1) is 12.9 Å². The van der Waals surface area contributed by atoms with E-state index in [2.05, 4.69) is 0 Å². The molecule has 0 aromatic heterocycles. The predicted molar refractivity (Wildman–Crippen MR) is 93.3 cm³/mol. The summed E-state index contributed by atoms with van der Waals surface area (Å²) in [6.07, 6.45) is 1.42. The molecule has 7 heteroatoms. The standard InChI is InChI=1S/C17H27NO5S/c1-17(2,3)12-16(19)18(9-10-22-4)13-14-7-6-8-15(11-14)23-24(5,20)21/h6-8,11H,9-10,12-13H2,1-5H3. The van der Waals surface area contributed by atoms with Gasteiger partial charge < -0.3 is 13.8 Å². The molecule has 0 bridgehead atoms. The molecule has 0 atom stereocenters. The highest BCUT2D eigenvalue weighted by atomic mass is 32.2. The molecule has 0 heterocycles. The molecule has 0 saturated carbocycles. The van der Waals surface area contributed by atoms with Crippen molar-refractivity contribution in [2.45, 2.75) is 33.7 Å². The molecular formula is C17H27NO5S. The molecule has 1 aromatic carbocycles. The number of benzene rings is 1. The molecular weight excluding hydrogens is 330 g/mol. The van der Waals surface area contributed by atoms with Gasteiger partial charge in [-0.1, -0.05) is 32.9 Å². The second kappa shape index (κ2) is 8.48. The van der Waals surface area contributed by atoms with Gasteiger partial charge in [-0.15, -0.1) is 0 Å². The minimum Gasteiger partial charge on any atom is -0.383 e. The second-order valence-corrected chi connectivity index (χ2v) is 8.56. The van der Waals surface area contributed by atoms with E-state index in [0.29, 0.717) is 26.1 Å². The van der Waals surface area contributed by atoms with Gasteiger partial charge in [0.25, 0.3) is 0 Å². The molecule has 136 valence electrons. The fraction of sp³-hybridized carbons (Fsp3) is 0.588. The first kappa shape index (κ1) is 20.4. The number of hydrogen-bond acceptors (Lipinski definition) is 5. The van der Waals surface area contributed by atoms with Gasteiger partial charge in [-0.05, 0) is 23.1 Å². The molecule has 0 spiro atoms. The highest BCUT2D eigenvalue weighted by molar-refractivity contribution is 7.86. The zero-order chi connectivity index (χ0) is 18.4. The third kappa shape index (κ3) is 8.31. The molecule has 1 amide bonds. The quantitative estimate of drug-likeness (QED) is 0.668. The lowest BCUT2D eigenvalue weighted by Crippen LogP contribution is -2.35. The Bertz CT molecular complexity index is 649. The van der Waals surface area contributed by atoms with Crippen molar-refractivity contribution in [2.24, 2.45) is 5.41 Å². The lowest BCUT2D eigenvalue weighted by molar-refractivity contribution is -0.134. The summed E-state index contributed by atoms with van der Waals surface area (Å²) < 4.78 is 32.4. The van der Waals surface area contributed by atoms with Crippen LogP contribution in [-0.2, 0) is 26.2 Å². The number of ether oxygens (including phenoxy) is 1. The Hall–Kier alpha value is -1.60. The van der Waals surface area contributed by atoms with Crippen LogP contribution in [0.25, 0.3) is 0 Å². The third-order valence-corrected chi connectivity index (χ3v) is 3.61. The number of hydrogen-bond donors (Lipinski definition) is 0. The molecule has 24 heavy (non-hydrogen) atoms. The van der Waals surface area contributed by atoms with Crippen molar-refractivity contribution >= 4 is 16.0 Å². The SMILES string of the molecule is COCCN(Cc1cccc(OS(C)(=O)=O)c1)C(=O)CC(C)(C)C. The Morgan fingerprint density at radius 1 is 1.25 bits per heavy atom. The van der Waals surface area contributed by atoms with Crippen LogP contribution in [0.2, 0.25) is 0 Å². The van der Waals surface area contributed by atoms with E-state index in [-0.39, 0.29) is 17.1 Å². The largest absolute Gasteiger partial charge is 0.383 e. The summed E-state index contributed by atoms with van der Waals surface area (Å²) in [5, 5.41) is 0. The molecule has 6 nitrogen and oxygen atoms in total. The van der Waals surface area contributed by atoms with Gasteiger partial charge in [0.15, 0.2) is 0 Å². The van der Waals surface area contributed by atoms with E-state index in [1.54, 1.807) is 30.2 Å². The van der Waals surface area contributed by atoms with Gasteiger partial charge >= 0.3 is 10.1 Å². The zero-order valence-corrected chi connectivity index (χ0v) is 15.9. The summed E-state index contributed by atoms with van der Waals surface area (Å²) in [5.41, 5.74) is 0.693. The average molecular weight is 357 g/mol. The predicted octanol–water partition coefficient (Wildman–Crippen LogP) is 2.44. The molecule has 0 radical (unpaired) electrons. The minimum absolute atomic E-state index is 0.0361. The minimum atomic E-state index is -3.58. The lowest BCUT2D eigenvalue weighted by Gasteiger charge is -2.26. The molecule has 0 N–H and O–H groups in total.